The van der Waals surface area contributed by atoms with Crippen molar-refractivity contribution in [2.24, 2.45) is 0 Å². The third-order valence-electron chi connectivity index (χ3n) is 2.93. The van der Waals surface area contributed by atoms with E-state index in [1.807, 2.05) is 6.92 Å². The topological polar surface area (TPSA) is 41.1 Å². The molecule has 1 fully saturated rings. The molecule has 1 aromatic rings. The second kappa shape index (κ2) is 2.92. The highest BCUT2D eigenvalue weighted by Crippen LogP contribution is 2.27. The minimum absolute atomic E-state index is 0.898. The van der Waals surface area contributed by atoms with Gasteiger partial charge in [0.15, 0.2) is 0 Å². The molecule has 4 heteroatoms. The average molecular weight is 190 g/mol. The summed E-state index contributed by atoms with van der Waals surface area (Å²) in [5.41, 5.74) is 2.51. The molecule has 3 heterocycles. The van der Waals surface area contributed by atoms with Crippen LogP contribution in [-0.2, 0) is 13.1 Å². The van der Waals surface area contributed by atoms with Crippen LogP contribution < -0.4 is 10.2 Å². The summed E-state index contributed by atoms with van der Waals surface area (Å²) >= 11 is 0. The van der Waals surface area contributed by atoms with Gasteiger partial charge in [0.05, 0.1) is 5.69 Å². The molecule has 0 unspecified atom stereocenters. The fraction of sp³-hybridized carbons (Fsp3) is 0.600. The van der Waals surface area contributed by atoms with Crippen LogP contribution in [0.5, 0.6) is 0 Å². The van der Waals surface area contributed by atoms with E-state index in [1.54, 1.807) is 0 Å². The van der Waals surface area contributed by atoms with Gasteiger partial charge in [0.1, 0.15) is 11.6 Å². The summed E-state index contributed by atoms with van der Waals surface area (Å²) in [6.45, 7) is 6.12. The molecule has 1 saturated heterocycles. The lowest BCUT2D eigenvalue weighted by atomic mass is 10.1. The lowest BCUT2D eigenvalue weighted by Crippen LogP contribution is -2.38. The molecule has 14 heavy (non-hydrogen) atoms. The van der Waals surface area contributed by atoms with E-state index >= 15 is 0 Å². The van der Waals surface area contributed by atoms with E-state index in [2.05, 4.69) is 20.2 Å². The Kier molecular flexibility index (Phi) is 1.70. The average Bonchev–Trinajstić information content (AvgIpc) is 2.47. The second-order valence-electron chi connectivity index (χ2n) is 3.96. The third-order valence-corrected chi connectivity index (χ3v) is 2.93. The van der Waals surface area contributed by atoms with E-state index in [0.717, 1.165) is 32.0 Å². The Bertz CT molecular complexity index is 371. The Balaban J connectivity index is 2.08. The molecule has 0 radical (unpaired) electrons. The minimum Gasteiger partial charge on any atom is -0.356 e. The lowest BCUT2D eigenvalue weighted by molar-refractivity contribution is 0.604. The summed E-state index contributed by atoms with van der Waals surface area (Å²) in [4.78, 5) is 11.3. The van der Waals surface area contributed by atoms with Crippen LogP contribution in [0.15, 0.2) is 0 Å². The molecule has 0 atom stereocenters. The first-order valence-electron chi connectivity index (χ1n) is 5.16. The van der Waals surface area contributed by atoms with Gasteiger partial charge in [-0.25, -0.2) is 9.97 Å². The van der Waals surface area contributed by atoms with Crippen LogP contribution >= 0.6 is 0 Å². The van der Waals surface area contributed by atoms with Gasteiger partial charge in [-0.05, 0) is 13.3 Å². The Morgan fingerprint density at radius 3 is 2.79 bits per heavy atom. The van der Waals surface area contributed by atoms with Crippen molar-refractivity contribution in [2.75, 3.05) is 18.0 Å². The highest BCUT2D eigenvalue weighted by Gasteiger charge is 2.24. The number of fused-ring (bicyclic) bond motifs is 1. The van der Waals surface area contributed by atoms with Gasteiger partial charge in [-0.1, -0.05) is 0 Å². The molecule has 4 nitrogen and oxygen atoms in total. The molecule has 2 aliphatic heterocycles. The van der Waals surface area contributed by atoms with Crippen molar-refractivity contribution in [3.8, 4) is 0 Å². The number of aromatic nitrogens is 2. The smallest absolute Gasteiger partial charge is 0.137 e. The number of rotatable bonds is 1. The van der Waals surface area contributed by atoms with E-state index < -0.39 is 0 Å². The molecule has 1 N–H and O–H groups in total. The summed E-state index contributed by atoms with van der Waals surface area (Å²) in [5, 5.41) is 3.33. The summed E-state index contributed by atoms with van der Waals surface area (Å²) in [7, 11) is 0. The molecule has 0 bridgehead atoms. The molecule has 2 aliphatic rings. The van der Waals surface area contributed by atoms with Gasteiger partial charge in [-0.15, -0.1) is 0 Å². The molecule has 0 saturated carbocycles. The van der Waals surface area contributed by atoms with E-state index in [1.165, 1.54) is 23.5 Å². The quantitative estimate of drug-likeness (QED) is 0.704. The van der Waals surface area contributed by atoms with E-state index in [9.17, 15) is 0 Å². The van der Waals surface area contributed by atoms with E-state index in [4.69, 9.17) is 0 Å². The van der Waals surface area contributed by atoms with Crippen molar-refractivity contribution in [2.45, 2.75) is 26.4 Å². The fourth-order valence-corrected chi connectivity index (χ4v) is 2.06. The van der Waals surface area contributed by atoms with Crippen molar-refractivity contribution in [3.05, 3.63) is 17.1 Å². The van der Waals surface area contributed by atoms with Crippen LogP contribution in [0.3, 0.4) is 0 Å². The Hall–Kier alpha value is -1.16. The Morgan fingerprint density at radius 2 is 2.07 bits per heavy atom. The van der Waals surface area contributed by atoms with Crippen LogP contribution in [0.4, 0.5) is 5.82 Å². The van der Waals surface area contributed by atoms with Gasteiger partial charge in [-0.3, -0.25) is 0 Å². The van der Waals surface area contributed by atoms with Gasteiger partial charge in [-0.2, -0.15) is 0 Å². The fourth-order valence-electron chi connectivity index (χ4n) is 2.06. The highest BCUT2D eigenvalue weighted by atomic mass is 15.2. The zero-order valence-corrected chi connectivity index (χ0v) is 8.38. The van der Waals surface area contributed by atoms with Crippen LogP contribution in [0, 0.1) is 6.92 Å². The zero-order chi connectivity index (χ0) is 9.54. The molecule has 0 amide bonds. The van der Waals surface area contributed by atoms with Gasteiger partial charge in [0.25, 0.3) is 0 Å². The second-order valence-corrected chi connectivity index (χ2v) is 3.96. The van der Waals surface area contributed by atoms with Crippen LogP contribution in [0.1, 0.15) is 23.5 Å². The number of nitrogens with zero attached hydrogens (tertiary/aromatic N) is 3. The van der Waals surface area contributed by atoms with Crippen molar-refractivity contribution in [1.82, 2.24) is 15.3 Å². The van der Waals surface area contributed by atoms with E-state index in [0.29, 0.717) is 0 Å². The first kappa shape index (κ1) is 8.17. The normalized spacial score (nSPS) is 19.4. The Morgan fingerprint density at radius 1 is 1.21 bits per heavy atom. The summed E-state index contributed by atoms with van der Waals surface area (Å²) in [6, 6.07) is 0. The predicted octanol–water partition coefficient (Wildman–Crippen LogP) is 0.598. The van der Waals surface area contributed by atoms with Gasteiger partial charge < -0.3 is 10.2 Å². The van der Waals surface area contributed by atoms with Crippen LogP contribution in [0.25, 0.3) is 0 Å². The summed E-state index contributed by atoms with van der Waals surface area (Å²) in [5.74, 6) is 2.07. The van der Waals surface area contributed by atoms with Gasteiger partial charge in [0, 0.05) is 31.7 Å². The molecule has 0 aliphatic carbocycles. The number of aryl methyl sites for hydroxylation is 1. The van der Waals surface area contributed by atoms with Gasteiger partial charge in [0.2, 0.25) is 0 Å². The van der Waals surface area contributed by atoms with Crippen molar-refractivity contribution in [1.29, 1.82) is 0 Å². The maximum absolute atomic E-state index is 4.54. The van der Waals surface area contributed by atoms with Crippen LogP contribution in [0.2, 0.25) is 0 Å². The first-order chi connectivity index (χ1) is 6.84. The molecular weight excluding hydrogens is 176 g/mol. The molecule has 0 aromatic carbocycles. The van der Waals surface area contributed by atoms with Crippen molar-refractivity contribution in [3.63, 3.8) is 0 Å². The SMILES string of the molecule is Cc1nc2c(c(N3CCC3)n1)CNC2. The maximum atomic E-state index is 4.54. The molecule has 1 aromatic heterocycles. The number of anilines is 1. The zero-order valence-electron chi connectivity index (χ0n) is 8.38. The lowest BCUT2D eigenvalue weighted by Gasteiger charge is -2.33. The predicted molar refractivity (Wildman–Crippen MR) is 54.1 cm³/mol. The standard InChI is InChI=1S/C10H14N4/c1-7-12-9-6-11-5-8(9)10(13-7)14-3-2-4-14/h11H,2-6H2,1H3. The van der Waals surface area contributed by atoms with E-state index in [-0.39, 0.29) is 0 Å². The molecular formula is C10H14N4. The number of nitrogens with one attached hydrogen (secondary N) is 1. The summed E-state index contributed by atoms with van der Waals surface area (Å²) in [6.07, 6.45) is 1.30. The third kappa shape index (κ3) is 1.10. The maximum Gasteiger partial charge on any atom is 0.137 e. The van der Waals surface area contributed by atoms with Crippen LogP contribution in [-0.4, -0.2) is 23.1 Å². The highest BCUT2D eigenvalue weighted by molar-refractivity contribution is 5.52. The van der Waals surface area contributed by atoms with Crippen molar-refractivity contribution >= 4 is 5.82 Å². The number of hydrogen-bond donors (Lipinski definition) is 1. The largest absolute Gasteiger partial charge is 0.356 e. The summed E-state index contributed by atoms with van der Waals surface area (Å²) < 4.78 is 0. The first-order valence-corrected chi connectivity index (χ1v) is 5.16. The van der Waals surface area contributed by atoms with Gasteiger partial charge >= 0.3 is 0 Å². The Labute approximate surface area is 83.4 Å². The monoisotopic (exact) mass is 190 g/mol. The molecule has 74 valence electrons. The molecule has 3 rings (SSSR count). The minimum atomic E-state index is 0.898. The number of hydrogen-bond acceptors (Lipinski definition) is 4. The van der Waals surface area contributed by atoms with Crippen molar-refractivity contribution < 1.29 is 0 Å². The molecule has 0 spiro atoms.